The van der Waals surface area contributed by atoms with Gasteiger partial charge in [-0.15, -0.1) is 0 Å². The molecule has 2 aromatic rings. The van der Waals surface area contributed by atoms with Gasteiger partial charge in [0.2, 0.25) is 5.82 Å². The molecule has 15 heavy (non-hydrogen) atoms. The summed E-state index contributed by atoms with van der Waals surface area (Å²) in [6.45, 7) is 0. The Morgan fingerprint density at radius 1 is 1.20 bits per heavy atom. The molecule has 2 aromatic heterocycles. The molecule has 2 rings (SSSR count). The van der Waals surface area contributed by atoms with Crippen LogP contribution in [-0.4, -0.2) is 42.1 Å². The minimum atomic E-state index is -1.40. The third-order valence-corrected chi connectivity index (χ3v) is 1.68. The monoisotopic (exact) mass is 208 g/mol. The van der Waals surface area contributed by atoms with Crippen LogP contribution in [0.1, 0.15) is 21.1 Å². The van der Waals surface area contributed by atoms with E-state index in [0.29, 0.717) is 0 Å². The standard InChI is InChI=1S/C7H4N4O4/c12-6(13)3-2-4(9-1-8-2)11-5(10-3)7(14)15/h1H,(H,12,13)(H,14,15)(H,8,9,10,11). The van der Waals surface area contributed by atoms with Gasteiger partial charge in [0.1, 0.15) is 5.52 Å². The zero-order chi connectivity index (χ0) is 11.0. The van der Waals surface area contributed by atoms with E-state index >= 15 is 0 Å². The van der Waals surface area contributed by atoms with E-state index in [0.717, 1.165) is 0 Å². The summed E-state index contributed by atoms with van der Waals surface area (Å²) in [5.41, 5.74) is -0.290. The molecule has 8 heteroatoms. The Labute approximate surface area is 81.6 Å². The van der Waals surface area contributed by atoms with Crippen LogP contribution in [0.4, 0.5) is 0 Å². The Morgan fingerprint density at radius 3 is 2.53 bits per heavy atom. The molecule has 0 atom stereocenters. The molecule has 0 saturated heterocycles. The number of aromatic carboxylic acids is 2. The largest absolute Gasteiger partial charge is 0.476 e. The number of hydrogen-bond acceptors (Lipinski definition) is 5. The molecule has 0 spiro atoms. The van der Waals surface area contributed by atoms with Crippen molar-refractivity contribution in [2.24, 2.45) is 0 Å². The molecule has 0 unspecified atom stereocenters. The fourth-order valence-corrected chi connectivity index (χ4v) is 1.08. The predicted molar refractivity (Wildman–Crippen MR) is 45.6 cm³/mol. The van der Waals surface area contributed by atoms with Crippen LogP contribution >= 0.6 is 0 Å². The molecule has 0 fully saturated rings. The maximum absolute atomic E-state index is 10.8. The number of rotatable bonds is 2. The van der Waals surface area contributed by atoms with Gasteiger partial charge >= 0.3 is 11.9 Å². The number of hydrogen-bond donors (Lipinski definition) is 3. The van der Waals surface area contributed by atoms with Crippen LogP contribution in [0.5, 0.6) is 0 Å². The highest BCUT2D eigenvalue weighted by Gasteiger charge is 2.18. The average Bonchev–Trinajstić information content (AvgIpc) is 2.62. The topological polar surface area (TPSA) is 129 Å². The van der Waals surface area contributed by atoms with Crippen molar-refractivity contribution in [3.05, 3.63) is 17.8 Å². The molecule has 8 nitrogen and oxygen atoms in total. The molecule has 0 radical (unpaired) electrons. The fraction of sp³-hybridized carbons (Fsp3) is 0. The maximum atomic E-state index is 10.8. The number of nitrogens with one attached hydrogen (secondary N) is 1. The summed E-state index contributed by atoms with van der Waals surface area (Å²) in [5.74, 6) is -3.33. The third kappa shape index (κ3) is 1.37. The highest BCUT2D eigenvalue weighted by molar-refractivity contribution is 5.99. The molecule has 0 aliphatic carbocycles. The third-order valence-electron chi connectivity index (χ3n) is 1.68. The molecule has 0 saturated carbocycles. The molecule has 2 heterocycles. The van der Waals surface area contributed by atoms with Crippen molar-refractivity contribution in [3.63, 3.8) is 0 Å². The second-order valence-electron chi connectivity index (χ2n) is 2.61. The van der Waals surface area contributed by atoms with E-state index in [-0.39, 0.29) is 11.2 Å². The zero-order valence-electron chi connectivity index (χ0n) is 7.13. The highest BCUT2D eigenvalue weighted by Crippen LogP contribution is 2.11. The number of H-pyrrole nitrogens is 1. The fourth-order valence-electron chi connectivity index (χ4n) is 1.08. The van der Waals surface area contributed by atoms with E-state index < -0.39 is 23.5 Å². The number of aromatic amines is 1. The number of carbonyl (C=O) groups is 2. The first-order chi connectivity index (χ1) is 7.09. The van der Waals surface area contributed by atoms with Gasteiger partial charge in [0.25, 0.3) is 0 Å². The number of nitrogens with zero attached hydrogens (tertiary/aromatic N) is 3. The number of carboxylic acids is 2. The Balaban J connectivity index is 2.80. The lowest BCUT2D eigenvalue weighted by Gasteiger charge is -1.97. The van der Waals surface area contributed by atoms with Crippen LogP contribution in [0.25, 0.3) is 11.2 Å². The van der Waals surface area contributed by atoms with E-state index in [1.807, 2.05) is 0 Å². The van der Waals surface area contributed by atoms with Gasteiger partial charge in [0, 0.05) is 0 Å². The van der Waals surface area contributed by atoms with Crippen LogP contribution in [0.2, 0.25) is 0 Å². The van der Waals surface area contributed by atoms with Gasteiger partial charge in [-0.2, -0.15) is 0 Å². The summed E-state index contributed by atoms with van der Waals surface area (Å²) >= 11 is 0. The predicted octanol–water partition coefficient (Wildman–Crippen LogP) is -0.251. The second kappa shape index (κ2) is 3.01. The SMILES string of the molecule is O=C(O)c1nc(C(=O)O)c2[nH]cnc2n1. The molecular weight excluding hydrogens is 204 g/mol. The van der Waals surface area contributed by atoms with Crippen LogP contribution in [0, 0.1) is 0 Å². The van der Waals surface area contributed by atoms with Gasteiger partial charge in [-0.05, 0) is 0 Å². The van der Waals surface area contributed by atoms with Crippen molar-refractivity contribution in [2.75, 3.05) is 0 Å². The van der Waals surface area contributed by atoms with Crippen molar-refractivity contribution in [1.82, 2.24) is 19.9 Å². The maximum Gasteiger partial charge on any atom is 0.374 e. The van der Waals surface area contributed by atoms with Gasteiger partial charge in [-0.1, -0.05) is 0 Å². The lowest BCUT2D eigenvalue weighted by molar-refractivity contribution is 0.0681. The number of carboxylic acid groups (broad SMARTS) is 2. The quantitative estimate of drug-likeness (QED) is 0.620. The lowest BCUT2D eigenvalue weighted by atomic mass is 10.3. The highest BCUT2D eigenvalue weighted by atomic mass is 16.4. The zero-order valence-corrected chi connectivity index (χ0v) is 7.13. The molecule has 76 valence electrons. The first kappa shape index (κ1) is 9.06. The van der Waals surface area contributed by atoms with E-state index in [1.165, 1.54) is 6.33 Å². The molecule has 0 amide bonds. The normalized spacial score (nSPS) is 10.4. The van der Waals surface area contributed by atoms with Crippen LogP contribution in [0.3, 0.4) is 0 Å². The Morgan fingerprint density at radius 2 is 1.93 bits per heavy atom. The Bertz CT molecular complexity index is 561. The average molecular weight is 208 g/mol. The molecule has 0 bridgehead atoms. The molecule has 0 aliphatic heterocycles. The summed E-state index contributed by atoms with van der Waals surface area (Å²) in [5, 5.41) is 17.4. The summed E-state index contributed by atoms with van der Waals surface area (Å²) in [7, 11) is 0. The molecule has 0 aliphatic rings. The van der Waals surface area contributed by atoms with E-state index in [1.54, 1.807) is 0 Å². The summed E-state index contributed by atoms with van der Waals surface area (Å²) in [4.78, 5) is 34.5. The van der Waals surface area contributed by atoms with E-state index in [4.69, 9.17) is 10.2 Å². The number of imidazole rings is 1. The number of fused-ring (bicyclic) bond motifs is 1. The van der Waals surface area contributed by atoms with Gasteiger partial charge in [-0.25, -0.2) is 24.5 Å². The number of aromatic nitrogens is 4. The second-order valence-corrected chi connectivity index (χ2v) is 2.61. The Kier molecular flexibility index (Phi) is 1.82. The van der Waals surface area contributed by atoms with Crippen LogP contribution in [-0.2, 0) is 0 Å². The summed E-state index contributed by atoms with van der Waals surface area (Å²) in [6.07, 6.45) is 1.22. The van der Waals surface area contributed by atoms with Crippen LogP contribution < -0.4 is 0 Å². The Hall–Kier alpha value is -2.51. The molecule has 3 N–H and O–H groups in total. The van der Waals surface area contributed by atoms with E-state index in [9.17, 15) is 9.59 Å². The summed E-state index contributed by atoms with van der Waals surface area (Å²) < 4.78 is 0. The van der Waals surface area contributed by atoms with Crippen molar-refractivity contribution < 1.29 is 19.8 Å². The van der Waals surface area contributed by atoms with E-state index in [2.05, 4.69) is 19.9 Å². The molecule has 0 aromatic carbocycles. The van der Waals surface area contributed by atoms with Gasteiger partial charge in [0.15, 0.2) is 11.3 Å². The smallest absolute Gasteiger partial charge is 0.374 e. The van der Waals surface area contributed by atoms with Crippen molar-refractivity contribution in [2.45, 2.75) is 0 Å². The minimum absolute atomic E-state index is 0.0137. The lowest BCUT2D eigenvalue weighted by Crippen LogP contribution is -2.10. The van der Waals surface area contributed by atoms with Gasteiger partial charge < -0.3 is 15.2 Å². The van der Waals surface area contributed by atoms with Gasteiger partial charge in [-0.3, -0.25) is 0 Å². The van der Waals surface area contributed by atoms with Crippen LogP contribution in [0.15, 0.2) is 6.33 Å². The first-order valence-corrected chi connectivity index (χ1v) is 3.77. The van der Waals surface area contributed by atoms with Crippen molar-refractivity contribution in [3.8, 4) is 0 Å². The molecular formula is C7H4N4O4. The first-order valence-electron chi connectivity index (χ1n) is 3.77. The van der Waals surface area contributed by atoms with Crippen molar-refractivity contribution >= 4 is 23.1 Å². The van der Waals surface area contributed by atoms with Crippen molar-refractivity contribution in [1.29, 1.82) is 0 Å². The summed E-state index contributed by atoms with van der Waals surface area (Å²) in [6, 6.07) is 0. The van der Waals surface area contributed by atoms with Gasteiger partial charge in [0.05, 0.1) is 6.33 Å². The minimum Gasteiger partial charge on any atom is -0.476 e.